The van der Waals surface area contributed by atoms with Crippen LogP contribution in [0.3, 0.4) is 0 Å². The number of aromatic nitrogens is 2. The Morgan fingerprint density at radius 3 is 2.56 bits per heavy atom. The van der Waals surface area contributed by atoms with Gasteiger partial charge >= 0.3 is 6.18 Å². The van der Waals surface area contributed by atoms with E-state index in [-0.39, 0.29) is 12.0 Å². The molecule has 1 aromatic heterocycles. The van der Waals surface area contributed by atoms with Crippen LogP contribution in [-0.2, 0) is 11.0 Å². The zero-order valence-corrected chi connectivity index (χ0v) is 9.31. The lowest BCUT2D eigenvalue weighted by molar-refractivity contribution is -0.138. The summed E-state index contributed by atoms with van der Waals surface area (Å²) in [5, 5.41) is 2.89. The van der Waals surface area contributed by atoms with Crippen molar-refractivity contribution >= 4 is 12.4 Å². The molecule has 0 saturated carbocycles. The van der Waals surface area contributed by atoms with Gasteiger partial charge in [-0.1, -0.05) is 0 Å². The van der Waals surface area contributed by atoms with E-state index in [0.29, 0.717) is 13.1 Å². The van der Waals surface area contributed by atoms with Gasteiger partial charge in [0.1, 0.15) is 0 Å². The van der Waals surface area contributed by atoms with E-state index < -0.39 is 11.7 Å². The maximum absolute atomic E-state index is 12.3. The van der Waals surface area contributed by atoms with E-state index in [2.05, 4.69) is 15.3 Å². The second-order valence-electron chi connectivity index (χ2n) is 4.02. The maximum atomic E-state index is 12.3. The summed E-state index contributed by atoms with van der Waals surface area (Å²) in [7, 11) is 0. The summed E-state index contributed by atoms with van der Waals surface area (Å²) in [5.74, 6) is 0.140. The summed E-state index contributed by atoms with van der Waals surface area (Å²) in [5.41, 5.74) is -0.881. The Morgan fingerprint density at radius 2 is 2.06 bits per heavy atom. The van der Waals surface area contributed by atoms with E-state index in [9.17, 15) is 18.0 Å². The standard InChI is InChI=1S/C10H11F3N4O/c11-10(12,13)7-3-14-9(15-4-7)16-8-1-2-17(5-8)6-18/h3-4,6,8H,1-2,5H2,(H,14,15,16). The summed E-state index contributed by atoms with van der Waals surface area (Å²) in [6.45, 7) is 1.13. The number of carbonyl (C=O) groups excluding carboxylic acids is 1. The Bertz CT molecular complexity index is 420. The SMILES string of the molecule is O=CN1CCC(Nc2ncc(C(F)(F)F)cn2)C1. The molecule has 5 nitrogen and oxygen atoms in total. The lowest BCUT2D eigenvalue weighted by Crippen LogP contribution is -2.26. The van der Waals surface area contributed by atoms with Gasteiger partial charge in [-0.15, -0.1) is 0 Å². The number of likely N-dealkylation sites (tertiary alicyclic amines) is 1. The van der Waals surface area contributed by atoms with E-state index in [0.717, 1.165) is 25.2 Å². The molecule has 0 aromatic carbocycles. The highest BCUT2D eigenvalue weighted by molar-refractivity contribution is 5.48. The molecule has 0 bridgehead atoms. The van der Waals surface area contributed by atoms with Crippen molar-refractivity contribution in [3.05, 3.63) is 18.0 Å². The van der Waals surface area contributed by atoms with E-state index in [1.165, 1.54) is 0 Å². The molecule has 0 radical (unpaired) electrons. The highest BCUT2D eigenvalue weighted by Gasteiger charge is 2.31. The molecule has 0 aliphatic carbocycles. The van der Waals surface area contributed by atoms with Gasteiger partial charge in [-0.05, 0) is 6.42 Å². The average Bonchev–Trinajstić information content (AvgIpc) is 2.76. The molecule has 1 fully saturated rings. The molecule has 1 aliphatic heterocycles. The summed E-state index contributed by atoms with van der Waals surface area (Å²) in [6.07, 6.45) is -1.48. The smallest absolute Gasteiger partial charge is 0.350 e. The van der Waals surface area contributed by atoms with E-state index in [1.54, 1.807) is 4.90 Å². The van der Waals surface area contributed by atoms with Crippen LogP contribution in [0.25, 0.3) is 0 Å². The van der Waals surface area contributed by atoms with Crippen LogP contribution in [0.2, 0.25) is 0 Å². The summed E-state index contributed by atoms with van der Waals surface area (Å²) < 4.78 is 36.8. The van der Waals surface area contributed by atoms with Gasteiger partial charge in [-0.25, -0.2) is 9.97 Å². The van der Waals surface area contributed by atoms with Gasteiger partial charge in [-0.2, -0.15) is 13.2 Å². The van der Waals surface area contributed by atoms with Crippen LogP contribution in [0.5, 0.6) is 0 Å². The van der Waals surface area contributed by atoms with Crippen LogP contribution in [0, 0.1) is 0 Å². The number of halogens is 3. The Kier molecular flexibility index (Phi) is 3.35. The van der Waals surface area contributed by atoms with Gasteiger partial charge in [-0.3, -0.25) is 4.79 Å². The maximum Gasteiger partial charge on any atom is 0.419 e. The number of anilines is 1. The molecule has 0 spiro atoms. The number of rotatable bonds is 3. The van der Waals surface area contributed by atoms with Crippen molar-refractivity contribution in [3.8, 4) is 0 Å². The van der Waals surface area contributed by atoms with Gasteiger partial charge in [0.15, 0.2) is 0 Å². The minimum absolute atomic E-state index is 0.0214. The fourth-order valence-electron chi connectivity index (χ4n) is 1.73. The van der Waals surface area contributed by atoms with Crippen LogP contribution in [0.15, 0.2) is 12.4 Å². The minimum atomic E-state index is -4.43. The highest BCUT2D eigenvalue weighted by atomic mass is 19.4. The topological polar surface area (TPSA) is 58.1 Å². The molecule has 1 unspecified atom stereocenters. The molecular formula is C10H11F3N4O. The number of amides is 1. The van der Waals surface area contributed by atoms with Crippen molar-refractivity contribution in [1.29, 1.82) is 0 Å². The molecule has 1 N–H and O–H groups in total. The minimum Gasteiger partial charge on any atom is -0.350 e. The van der Waals surface area contributed by atoms with Gasteiger partial charge in [0.05, 0.1) is 5.56 Å². The summed E-state index contributed by atoms with van der Waals surface area (Å²) in [4.78, 5) is 19.3. The molecular weight excluding hydrogens is 249 g/mol. The second-order valence-corrected chi connectivity index (χ2v) is 4.02. The quantitative estimate of drug-likeness (QED) is 0.828. The Hall–Kier alpha value is -1.86. The van der Waals surface area contributed by atoms with Gasteiger partial charge in [0, 0.05) is 31.5 Å². The second kappa shape index (κ2) is 4.79. The fraction of sp³-hybridized carbons (Fsp3) is 0.500. The van der Waals surface area contributed by atoms with E-state index in [1.807, 2.05) is 0 Å². The predicted octanol–water partition coefficient (Wildman–Crippen LogP) is 1.14. The Morgan fingerprint density at radius 1 is 1.39 bits per heavy atom. The Balaban J connectivity index is 1.97. The number of nitrogens with one attached hydrogen (secondary N) is 1. The Labute approximate surface area is 101 Å². The number of alkyl halides is 3. The number of nitrogens with zero attached hydrogens (tertiary/aromatic N) is 3. The number of hydrogen-bond donors (Lipinski definition) is 1. The van der Waals surface area contributed by atoms with Crippen LogP contribution in [0.1, 0.15) is 12.0 Å². The lowest BCUT2D eigenvalue weighted by atomic mass is 10.3. The van der Waals surface area contributed by atoms with Crippen molar-refractivity contribution in [2.75, 3.05) is 18.4 Å². The first-order chi connectivity index (χ1) is 8.49. The van der Waals surface area contributed by atoms with Crippen LogP contribution in [0.4, 0.5) is 19.1 Å². The molecule has 18 heavy (non-hydrogen) atoms. The van der Waals surface area contributed by atoms with E-state index >= 15 is 0 Å². The molecule has 1 aliphatic rings. The van der Waals surface area contributed by atoms with Crippen molar-refractivity contribution in [3.63, 3.8) is 0 Å². The molecule has 1 atom stereocenters. The molecule has 1 amide bonds. The van der Waals surface area contributed by atoms with Crippen molar-refractivity contribution < 1.29 is 18.0 Å². The predicted molar refractivity (Wildman–Crippen MR) is 56.7 cm³/mol. The van der Waals surface area contributed by atoms with E-state index in [4.69, 9.17) is 0 Å². The first kappa shape index (κ1) is 12.6. The normalized spacial score (nSPS) is 19.9. The third kappa shape index (κ3) is 2.88. The average molecular weight is 260 g/mol. The largest absolute Gasteiger partial charge is 0.419 e. The van der Waals surface area contributed by atoms with Crippen LogP contribution < -0.4 is 5.32 Å². The lowest BCUT2D eigenvalue weighted by Gasteiger charge is -2.13. The zero-order chi connectivity index (χ0) is 13.2. The number of carbonyl (C=O) groups is 1. The van der Waals surface area contributed by atoms with Crippen molar-refractivity contribution in [2.24, 2.45) is 0 Å². The third-order valence-corrected chi connectivity index (χ3v) is 2.68. The first-order valence-electron chi connectivity index (χ1n) is 5.34. The molecule has 1 aromatic rings. The van der Waals surface area contributed by atoms with Crippen LogP contribution in [-0.4, -0.2) is 40.4 Å². The molecule has 2 heterocycles. The van der Waals surface area contributed by atoms with Gasteiger partial charge < -0.3 is 10.2 Å². The van der Waals surface area contributed by atoms with Crippen molar-refractivity contribution in [1.82, 2.24) is 14.9 Å². The number of hydrogen-bond acceptors (Lipinski definition) is 4. The monoisotopic (exact) mass is 260 g/mol. The van der Waals surface area contributed by atoms with Crippen LogP contribution >= 0.6 is 0 Å². The molecule has 2 rings (SSSR count). The molecule has 8 heteroatoms. The zero-order valence-electron chi connectivity index (χ0n) is 9.31. The molecule has 1 saturated heterocycles. The van der Waals surface area contributed by atoms with Gasteiger partial charge in [0.2, 0.25) is 12.4 Å². The summed E-state index contributed by atoms with van der Waals surface area (Å²) >= 11 is 0. The first-order valence-corrected chi connectivity index (χ1v) is 5.34. The van der Waals surface area contributed by atoms with Gasteiger partial charge in [0.25, 0.3) is 0 Å². The molecule has 98 valence electrons. The van der Waals surface area contributed by atoms with Crippen molar-refractivity contribution in [2.45, 2.75) is 18.6 Å². The third-order valence-electron chi connectivity index (χ3n) is 2.68. The summed E-state index contributed by atoms with van der Waals surface area (Å²) in [6, 6.07) is -0.0214. The highest BCUT2D eigenvalue weighted by Crippen LogP contribution is 2.28. The fourth-order valence-corrected chi connectivity index (χ4v) is 1.73.